The molecule has 1 aromatic heterocycles. The third kappa shape index (κ3) is 4.11. The third-order valence-corrected chi connectivity index (χ3v) is 5.08. The van der Waals surface area contributed by atoms with Crippen molar-refractivity contribution in [2.24, 2.45) is 5.92 Å². The number of likely N-dealkylation sites (tertiary alicyclic amines) is 2. The van der Waals surface area contributed by atoms with Gasteiger partial charge in [0.25, 0.3) is 5.91 Å². The predicted molar refractivity (Wildman–Crippen MR) is 94.5 cm³/mol. The van der Waals surface area contributed by atoms with Crippen molar-refractivity contribution in [3.05, 3.63) is 23.9 Å². The van der Waals surface area contributed by atoms with E-state index in [1.807, 2.05) is 16.7 Å². The van der Waals surface area contributed by atoms with Crippen LogP contribution < -0.4 is 4.74 Å². The molecule has 0 unspecified atom stereocenters. The molecule has 2 aliphatic rings. The molecule has 136 valence electrons. The molecule has 0 radical (unpaired) electrons. The summed E-state index contributed by atoms with van der Waals surface area (Å²) in [6, 6.07) is 3.51. The molecular weight excluding hydrogens is 318 g/mol. The minimum absolute atomic E-state index is 0.0552. The van der Waals surface area contributed by atoms with Crippen LogP contribution in [0.1, 0.15) is 49.4 Å². The summed E-state index contributed by atoms with van der Waals surface area (Å²) in [5.74, 6) is 0.674. The summed E-state index contributed by atoms with van der Waals surface area (Å²) in [5, 5.41) is 0. The molecule has 0 aromatic carbocycles. The fraction of sp³-hybridized carbons (Fsp3) is 0.632. The Labute approximate surface area is 149 Å². The molecule has 25 heavy (non-hydrogen) atoms. The van der Waals surface area contributed by atoms with Crippen LogP contribution in [0.4, 0.5) is 0 Å². The van der Waals surface area contributed by atoms with Crippen molar-refractivity contribution in [1.29, 1.82) is 0 Å². The predicted octanol–water partition coefficient (Wildman–Crippen LogP) is 2.34. The maximum absolute atomic E-state index is 12.8. The van der Waals surface area contributed by atoms with E-state index in [-0.39, 0.29) is 17.7 Å². The van der Waals surface area contributed by atoms with Crippen LogP contribution >= 0.6 is 0 Å². The molecule has 0 spiro atoms. The van der Waals surface area contributed by atoms with Crippen LogP contribution in [-0.4, -0.2) is 59.4 Å². The fourth-order valence-corrected chi connectivity index (χ4v) is 3.68. The molecule has 0 bridgehead atoms. The number of carbonyl (C=O) groups is 2. The van der Waals surface area contributed by atoms with Gasteiger partial charge in [0.1, 0.15) is 5.56 Å². The normalized spacial score (nSPS) is 18.9. The number of amides is 2. The molecule has 6 nitrogen and oxygen atoms in total. The Morgan fingerprint density at radius 2 is 1.84 bits per heavy atom. The second-order valence-corrected chi connectivity index (χ2v) is 6.74. The first-order valence-electron chi connectivity index (χ1n) is 9.36. The van der Waals surface area contributed by atoms with Gasteiger partial charge in [-0.05, 0) is 51.2 Å². The summed E-state index contributed by atoms with van der Waals surface area (Å²) in [7, 11) is 0. The topological polar surface area (TPSA) is 62.7 Å². The minimum Gasteiger partial charge on any atom is -0.477 e. The summed E-state index contributed by atoms with van der Waals surface area (Å²) in [5.41, 5.74) is 0.505. The van der Waals surface area contributed by atoms with Gasteiger partial charge >= 0.3 is 0 Å². The Bertz CT molecular complexity index is 606. The second kappa shape index (κ2) is 8.32. The van der Waals surface area contributed by atoms with Crippen LogP contribution in [0.5, 0.6) is 5.88 Å². The van der Waals surface area contributed by atoms with E-state index in [0.29, 0.717) is 31.1 Å². The van der Waals surface area contributed by atoms with Gasteiger partial charge in [-0.15, -0.1) is 0 Å². The van der Waals surface area contributed by atoms with Crippen molar-refractivity contribution in [2.75, 3.05) is 32.8 Å². The zero-order valence-electron chi connectivity index (χ0n) is 14.9. The van der Waals surface area contributed by atoms with Gasteiger partial charge in [0.2, 0.25) is 11.8 Å². The first-order valence-corrected chi connectivity index (χ1v) is 9.36. The van der Waals surface area contributed by atoms with E-state index < -0.39 is 0 Å². The Morgan fingerprint density at radius 3 is 2.52 bits per heavy atom. The summed E-state index contributed by atoms with van der Waals surface area (Å²) in [4.78, 5) is 33.4. The molecule has 0 saturated carbocycles. The average molecular weight is 345 g/mol. The number of aromatic nitrogens is 1. The molecule has 0 N–H and O–H groups in total. The fourth-order valence-electron chi connectivity index (χ4n) is 3.68. The number of piperidine rings is 2. The van der Waals surface area contributed by atoms with Gasteiger partial charge in [0.15, 0.2) is 0 Å². The monoisotopic (exact) mass is 345 g/mol. The number of nitrogens with zero attached hydrogens (tertiary/aromatic N) is 3. The summed E-state index contributed by atoms with van der Waals surface area (Å²) in [6.45, 7) is 5.37. The van der Waals surface area contributed by atoms with Crippen molar-refractivity contribution >= 4 is 11.8 Å². The van der Waals surface area contributed by atoms with Crippen LogP contribution in [-0.2, 0) is 4.79 Å². The Kier molecular flexibility index (Phi) is 5.89. The van der Waals surface area contributed by atoms with Crippen LogP contribution in [0.15, 0.2) is 18.3 Å². The molecule has 2 aliphatic heterocycles. The highest BCUT2D eigenvalue weighted by atomic mass is 16.5. The molecule has 0 aliphatic carbocycles. The molecule has 1 aromatic rings. The van der Waals surface area contributed by atoms with Gasteiger partial charge in [-0.25, -0.2) is 4.98 Å². The highest BCUT2D eigenvalue weighted by Crippen LogP contribution is 2.24. The van der Waals surface area contributed by atoms with Crippen LogP contribution in [0.2, 0.25) is 0 Å². The lowest BCUT2D eigenvalue weighted by Crippen LogP contribution is -2.45. The van der Waals surface area contributed by atoms with E-state index >= 15 is 0 Å². The molecule has 2 saturated heterocycles. The zero-order valence-corrected chi connectivity index (χ0v) is 14.9. The van der Waals surface area contributed by atoms with E-state index in [4.69, 9.17) is 4.74 Å². The summed E-state index contributed by atoms with van der Waals surface area (Å²) < 4.78 is 5.47. The summed E-state index contributed by atoms with van der Waals surface area (Å²) in [6.07, 6.45) is 6.57. The zero-order chi connectivity index (χ0) is 17.6. The van der Waals surface area contributed by atoms with Gasteiger partial charge in [-0.3, -0.25) is 9.59 Å². The van der Waals surface area contributed by atoms with Crippen molar-refractivity contribution in [3.63, 3.8) is 0 Å². The highest BCUT2D eigenvalue weighted by Gasteiger charge is 2.31. The number of rotatable bonds is 4. The minimum atomic E-state index is -0.0552. The van der Waals surface area contributed by atoms with Gasteiger partial charge in [0, 0.05) is 38.3 Å². The molecule has 2 fully saturated rings. The standard InChI is InChI=1S/C19H27N3O3/c1-2-25-17-16(7-6-10-20-17)19(24)22-13-8-15(9-14-22)18(23)21-11-4-3-5-12-21/h6-7,10,15H,2-5,8-9,11-14H2,1H3. The highest BCUT2D eigenvalue weighted by molar-refractivity contribution is 5.96. The molecule has 6 heteroatoms. The summed E-state index contributed by atoms with van der Waals surface area (Å²) >= 11 is 0. The molecule has 2 amide bonds. The van der Waals surface area contributed by atoms with E-state index in [2.05, 4.69) is 4.98 Å². The molecular formula is C19H27N3O3. The quantitative estimate of drug-likeness (QED) is 0.840. The van der Waals surface area contributed by atoms with Crippen LogP contribution in [0.25, 0.3) is 0 Å². The molecule has 3 heterocycles. The molecule has 3 rings (SSSR count). The van der Waals surface area contributed by atoms with Crippen molar-refractivity contribution in [2.45, 2.75) is 39.0 Å². The second-order valence-electron chi connectivity index (χ2n) is 6.74. The Morgan fingerprint density at radius 1 is 1.12 bits per heavy atom. The average Bonchev–Trinajstić information content (AvgIpc) is 2.68. The number of pyridine rings is 1. The Hall–Kier alpha value is -2.11. The Balaban J connectivity index is 1.58. The van der Waals surface area contributed by atoms with Crippen LogP contribution in [0.3, 0.4) is 0 Å². The lowest BCUT2D eigenvalue weighted by molar-refractivity contribution is -0.137. The largest absolute Gasteiger partial charge is 0.477 e. The number of hydrogen-bond acceptors (Lipinski definition) is 4. The third-order valence-electron chi connectivity index (χ3n) is 5.08. The van der Waals surface area contributed by atoms with Crippen LogP contribution in [0, 0.1) is 5.92 Å². The van der Waals surface area contributed by atoms with Gasteiger partial charge in [-0.2, -0.15) is 0 Å². The lowest BCUT2D eigenvalue weighted by atomic mass is 9.94. The van der Waals surface area contributed by atoms with Crippen molar-refractivity contribution in [1.82, 2.24) is 14.8 Å². The van der Waals surface area contributed by atoms with Crippen molar-refractivity contribution in [3.8, 4) is 5.88 Å². The van der Waals surface area contributed by atoms with Gasteiger partial charge in [0.05, 0.1) is 6.61 Å². The first-order chi connectivity index (χ1) is 12.2. The van der Waals surface area contributed by atoms with E-state index in [9.17, 15) is 9.59 Å². The van der Waals surface area contributed by atoms with E-state index in [1.54, 1.807) is 18.3 Å². The van der Waals surface area contributed by atoms with Gasteiger partial charge in [-0.1, -0.05) is 0 Å². The van der Waals surface area contributed by atoms with E-state index in [1.165, 1.54) is 6.42 Å². The number of ether oxygens (including phenoxy) is 1. The first kappa shape index (κ1) is 17.7. The smallest absolute Gasteiger partial charge is 0.259 e. The number of carbonyl (C=O) groups excluding carboxylic acids is 2. The SMILES string of the molecule is CCOc1ncccc1C(=O)N1CCC(C(=O)N2CCCCC2)CC1. The molecule has 0 atom stereocenters. The maximum atomic E-state index is 12.8. The van der Waals surface area contributed by atoms with E-state index in [0.717, 1.165) is 38.8 Å². The maximum Gasteiger partial charge on any atom is 0.259 e. The van der Waals surface area contributed by atoms with Gasteiger partial charge < -0.3 is 14.5 Å². The number of hydrogen-bond donors (Lipinski definition) is 0. The van der Waals surface area contributed by atoms with Crippen molar-refractivity contribution < 1.29 is 14.3 Å². The lowest BCUT2D eigenvalue weighted by Gasteiger charge is -2.35.